The van der Waals surface area contributed by atoms with Gasteiger partial charge in [0.2, 0.25) is 11.0 Å². The van der Waals surface area contributed by atoms with Crippen LogP contribution in [0.25, 0.3) is 0 Å². The number of nitrogens with zero attached hydrogens (tertiary/aromatic N) is 2. The molecule has 1 aromatic carbocycles. The summed E-state index contributed by atoms with van der Waals surface area (Å²) in [4.78, 5) is 11.9. The molecule has 2 heterocycles. The summed E-state index contributed by atoms with van der Waals surface area (Å²) in [6.45, 7) is 0. The van der Waals surface area contributed by atoms with Crippen molar-refractivity contribution in [2.24, 2.45) is 0 Å². The second-order valence-corrected chi connectivity index (χ2v) is 7.95. The predicted octanol–water partition coefficient (Wildman–Crippen LogP) is 4.60. The molecule has 0 fully saturated rings. The molecule has 0 bridgehead atoms. The molecule has 0 aliphatic carbocycles. The van der Waals surface area contributed by atoms with Crippen LogP contribution in [0.5, 0.6) is 0 Å². The maximum absolute atomic E-state index is 12.9. The fourth-order valence-corrected chi connectivity index (χ4v) is 4.35. The molecule has 0 aliphatic rings. The lowest BCUT2D eigenvalue weighted by Crippen LogP contribution is -2.11. The van der Waals surface area contributed by atoms with Crippen molar-refractivity contribution in [3.8, 4) is 0 Å². The van der Waals surface area contributed by atoms with E-state index in [0.29, 0.717) is 17.3 Å². The molecule has 0 saturated carbocycles. The number of rotatable bonds is 7. The number of halogens is 1. The average Bonchev–Trinajstić information content (AvgIpc) is 3.24. The fourth-order valence-electron chi connectivity index (χ4n) is 1.92. The molecule has 0 saturated heterocycles. The minimum atomic E-state index is -0.243. The van der Waals surface area contributed by atoms with Crippen molar-refractivity contribution in [2.75, 3.05) is 5.32 Å². The van der Waals surface area contributed by atoms with E-state index in [0.717, 1.165) is 16.3 Å². The van der Waals surface area contributed by atoms with Gasteiger partial charge in [0.05, 0.1) is 0 Å². The second-order valence-electron chi connectivity index (χ2n) is 4.97. The van der Waals surface area contributed by atoms with Crippen molar-refractivity contribution in [3.05, 3.63) is 58.0 Å². The Bertz CT molecular complexity index is 787. The van der Waals surface area contributed by atoms with E-state index >= 15 is 0 Å². The molecular weight excluding hydrogens is 365 g/mol. The first-order chi connectivity index (χ1) is 11.7. The summed E-state index contributed by atoms with van der Waals surface area (Å²) in [5.74, 6) is 0.376. The predicted molar refractivity (Wildman–Crippen MR) is 97.1 cm³/mol. The summed E-state index contributed by atoms with van der Waals surface area (Å²) in [7, 11) is 0. The Balaban J connectivity index is 1.46. The summed E-state index contributed by atoms with van der Waals surface area (Å²) >= 11 is 4.48. The van der Waals surface area contributed by atoms with Gasteiger partial charge < -0.3 is 5.32 Å². The van der Waals surface area contributed by atoms with Crippen LogP contribution < -0.4 is 5.32 Å². The molecule has 0 atom stereocenters. The summed E-state index contributed by atoms with van der Waals surface area (Å²) in [6.07, 6.45) is 1.15. The van der Waals surface area contributed by atoms with Gasteiger partial charge in [-0.15, -0.1) is 10.2 Å². The van der Waals surface area contributed by atoms with Crippen molar-refractivity contribution in [1.29, 1.82) is 0 Å². The van der Waals surface area contributed by atoms with Crippen LogP contribution in [0.1, 0.15) is 17.5 Å². The molecule has 3 aromatic rings. The largest absolute Gasteiger partial charge is 0.300 e. The average molecular weight is 380 g/mol. The van der Waals surface area contributed by atoms with Gasteiger partial charge in [-0.25, -0.2) is 4.39 Å². The van der Waals surface area contributed by atoms with E-state index in [1.54, 1.807) is 23.5 Å². The van der Waals surface area contributed by atoms with Gasteiger partial charge in [0.15, 0.2) is 4.34 Å². The Hall–Kier alpha value is -1.77. The van der Waals surface area contributed by atoms with Gasteiger partial charge in [0.1, 0.15) is 5.82 Å². The minimum Gasteiger partial charge on any atom is -0.300 e. The third-order valence-electron chi connectivity index (χ3n) is 3.15. The van der Waals surface area contributed by atoms with Crippen molar-refractivity contribution < 1.29 is 9.18 Å². The highest BCUT2D eigenvalue weighted by atomic mass is 32.2. The Kier molecular flexibility index (Phi) is 5.95. The Morgan fingerprint density at radius 1 is 1.17 bits per heavy atom. The van der Waals surface area contributed by atoms with E-state index < -0.39 is 0 Å². The van der Waals surface area contributed by atoms with Crippen LogP contribution in [0, 0.1) is 5.82 Å². The first-order valence-electron chi connectivity index (χ1n) is 7.21. The first-order valence-corrected chi connectivity index (χ1v) is 9.95. The first kappa shape index (κ1) is 17.1. The summed E-state index contributed by atoms with van der Waals surface area (Å²) < 4.78 is 13.6. The van der Waals surface area contributed by atoms with E-state index in [9.17, 15) is 9.18 Å². The van der Waals surface area contributed by atoms with Gasteiger partial charge in [0, 0.05) is 12.2 Å². The van der Waals surface area contributed by atoms with Crippen LogP contribution in [0.2, 0.25) is 0 Å². The normalized spacial score (nSPS) is 10.7. The molecular formula is C16H14FN3OS3. The van der Waals surface area contributed by atoms with Crippen LogP contribution in [-0.2, 0) is 17.0 Å². The number of nitrogens with one attached hydrogen (secondary N) is 1. The van der Waals surface area contributed by atoms with Gasteiger partial charge in [-0.1, -0.05) is 35.2 Å². The highest BCUT2D eigenvalue weighted by Crippen LogP contribution is 2.28. The molecule has 8 heteroatoms. The van der Waals surface area contributed by atoms with Crippen molar-refractivity contribution >= 4 is 45.5 Å². The maximum Gasteiger partial charge on any atom is 0.226 e. The minimum absolute atomic E-state index is 0.0626. The molecule has 24 heavy (non-hydrogen) atoms. The van der Waals surface area contributed by atoms with Crippen molar-refractivity contribution in [2.45, 2.75) is 22.9 Å². The summed E-state index contributed by atoms with van der Waals surface area (Å²) in [5, 5.41) is 15.4. The number of amides is 1. The lowest BCUT2D eigenvalue weighted by molar-refractivity contribution is -0.116. The second kappa shape index (κ2) is 8.36. The van der Waals surface area contributed by atoms with Crippen LogP contribution in [-0.4, -0.2) is 16.1 Å². The molecule has 0 spiro atoms. The van der Waals surface area contributed by atoms with E-state index in [-0.39, 0.29) is 11.7 Å². The highest BCUT2D eigenvalue weighted by Gasteiger charge is 2.09. The Labute approximate surface area is 151 Å². The molecule has 1 N–H and O–H groups in total. The van der Waals surface area contributed by atoms with Crippen LogP contribution >= 0.6 is 34.4 Å². The fraction of sp³-hybridized carbons (Fsp3) is 0.188. The number of carbonyl (C=O) groups is 1. The van der Waals surface area contributed by atoms with Crippen LogP contribution in [0.15, 0.2) is 45.4 Å². The number of anilines is 1. The number of thiophene rings is 1. The number of hydrogen-bond donors (Lipinski definition) is 1. The van der Waals surface area contributed by atoms with Gasteiger partial charge >= 0.3 is 0 Å². The molecule has 124 valence electrons. The number of aryl methyl sites for hydroxylation is 1. The number of benzene rings is 1. The molecule has 0 unspecified atom stereocenters. The monoisotopic (exact) mass is 379 g/mol. The lowest BCUT2D eigenvalue weighted by atomic mass is 10.2. The summed E-state index contributed by atoms with van der Waals surface area (Å²) in [6, 6.07) is 8.39. The van der Waals surface area contributed by atoms with Crippen LogP contribution in [0.4, 0.5) is 9.52 Å². The highest BCUT2D eigenvalue weighted by molar-refractivity contribution is 8.00. The number of carbonyl (C=O) groups excluding carboxylic acids is 1. The zero-order valence-corrected chi connectivity index (χ0v) is 15.0. The third-order valence-corrected chi connectivity index (χ3v) is 5.92. The molecule has 0 radical (unpaired) electrons. The van der Waals surface area contributed by atoms with Gasteiger partial charge in [-0.2, -0.15) is 11.3 Å². The number of thioether (sulfide) groups is 1. The smallest absolute Gasteiger partial charge is 0.226 e. The quantitative estimate of drug-likeness (QED) is 0.481. The third kappa shape index (κ3) is 5.12. The Morgan fingerprint density at radius 3 is 2.75 bits per heavy atom. The van der Waals surface area contributed by atoms with Gasteiger partial charge in [0.25, 0.3) is 0 Å². The topological polar surface area (TPSA) is 54.9 Å². The standard InChI is InChI=1S/C16H14FN3OS3/c17-13-4-1-11(2-5-13)10-23-16-20-19-15(24-16)18-14(21)6-3-12-7-8-22-9-12/h1-2,4-5,7-9H,3,6,10H2,(H,18,19,21). The number of aromatic nitrogens is 2. The van der Waals surface area contributed by atoms with Gasteiger partial charge in [-0.05, 0) is 46.5 Å². The van der Waals surface area contributed by atoms with E-state index in [1.807, 2.05) is 16.8 Å². The van der Waals surface area contributed by atoms with E-state index in [4.69, 9.17) is 0 Å². The SMILES string of the molecule is O=C(CCc1ccsc1)Nc1nnc(SCc2ccc(F)cc2)s1. The lowest BCUT2D eigenvalue weighted by Gasteiger charge is -1.99. The molecule has 1 amide bonds. The molecule has 0 aliphatic heterocycles. The van der Waals surface area contributed by atoms with Crippen molar-refractivity contribution in [3.63, 3.8) is 0 Å². The van der Waals surface area contributed by atoms with E-state index in [1.165, 1.54) is 40.8 Å². The molecule has 2 aromatic heterocycles. The van der Waals surface area contributed by atoms with E-state index in [2.05, 4.69) is 15.5 Å². The molecule has 3 rings (SSSR count). The zero-order chi connectivity index (χ0) is 16.8. The Morgan fingerprint density at radius 2 is 2.00 bits per heavy atom. The maximum atomic E-state index is 12.9. The van der Waals surface area contributed by atoms with Crippen LogP contribution in [0.3, 0.4) is 0 Å². The molecule has 4 nitrogen and oxygen atoms in total. The number of hydrogen-bond acceptors (Lipinski definition) is 6. The summed E-state index contributed by atoms with van der Waals surface area (Å²) in [5.41, 5.74) is 2.18. The van der Waals surface area contributed by atoms with Crippen molar-refractivity contribution in [1.82, 2.24) is 10.2 Å². The van der Waals surface area contributed by atoms with Gasteiger partial charge in [-0.3, -0.25) is 4.79 Å². The zero-order valence-electron chi connectivity index (χ0n) is 12.6.